The molecule has 0 aliphatic heterocycles. The Morgan fingerprint density at radius 3 is 2.38 bits per heavy atom. The highest BCUT2D eigenvalue weighted by molar-refractivity contribution is 7.89. The molecule has 7 heteroatoms. The number of carbonyl (C=O) groups is 1. The van der Waals surface area contributed by atoms with Gasteiger partial charge in [0.2, 0.25) is 15.9 Å². The number of ether oxygens (including phenoxy) is 1. The first-order valence-electron chi connectivity index (χ1n) is 8.37. The molecule has 0 aromatic heterocycles. The van der Waals surface area contributed by atoms with Crippen LogP contribution in [0.1, 0.15) is 25.0 Å². The second-order valence-corrected chi connectivity index (χ2v) is 7.70. The first kappa shape index (κ1) is 19.9. The summed E-state index contributed by atoms with van der Waals surface area (Å²) in [7, 11) is -3.81. The van der Waals surface area contributed by atoms with Crippen molar-refractivity contribution in [3.63, 3.8) is 0 Å². The van der Waals surface area contributed by atoms with Crippen LogP contribution in [0, 0.1) is 13.8 Å². The topological polar surface area (TPSA) is 84.5 Å². The predicted octanol–water partition coefficient (Wildman–Crippen LogP) is 3.01. The van der Waals surface area contributed by atoms with Crippen molar-refractivity contribution >= 4 is 21.6 Å². The summed E-state index contributed by atoms with van der Waals surface area (Å²) in [5.41, 5.74) is 2.66. The van der Waals surface area contributed by atoms with Gasteiger partial charge in [0, 0.05) is 5.69 Å². The van der Waals surface area contributed by atoms with E-state index in [2.05, 4.69) is 10.0 Å². The van der Waals surface area contributed by atoms with Crippen molar-refractivity contribution in [1.82, 2.24) is 4.72 Å². The van der Waals surface area contributed by atoms with Gasteiger partial charge in [0.15, 0.2) is 0 Å². The summed E-state index contributed by atoms with van der Waals surface area (Å²) in [5, 5.41) is 2.76. The number of amides is 1. The van der Waals surface area contributed by atoms with Crippen LogP contribution in [0.3, 0.4) is 0 Å². The summed E-state index contributed by atoms with van der Waals surface area (Å²) in [6, 6.07) is 10.7. The van der Waals surface area contributed by atoms with E-state index in [1.165, 1.54) is 19.1 Å². The molecule has 26 heavy (non-hydrogen) atoms. The number of rotatable bonds is 7. The van der Waals surface area contributed by atoms with Crippen LogP contribution in [0.15, 0.2) is 47.4 Å². The summed E-state index contributed by atoms with van der Waals surface area (Å²) in [5.74, 6) is 0.167. The number of nitrogens with one attached hydrogen (secondary N) is 2. The molecule has 0 radical (unpaired) electrons. The van der Waals surface area contributed by atoms with Crippen LogP contribution in [0.5, 0.6) is 5.75 Å². The average molecular weight is 376 g/mol. The third-order valence-corrected chi connectivity index (χ3v) is 5.59. The lowest BCUT2D eigenvalue weighted by Gasteiger charge is -2.16. The third-order valence-electron chi connectivity index (χ3n) is 4.03. The first-order valence-corrected chi connectivity index (χ1v) is 9.85. The van der Waals surface area contributed by atoms with Gasteiger partial charge in [-0.15, -0.1) is 0 Å². The van der Waals surface area contributed by atoms with Gasteiger partial charge in [-0.2, -0.15) is 4.72 Å². The maximum absolute atomic E-state index is 12.5. The minimum absolute atomic E-state index is 0.0762. The molecule has 6 nitrogen and oxygen atoms in total. The van der Waals surface area contributed by atoms with E-state index in [1.54, 1.807) is 18.2 Å². The molecule has 0 bridgehead atoms. The van der Waals surface area contributed by atoms with E-state index in [1.807, 2.05) is 32.9 Å². The highest BCUT2D eigenvalue weighted by Crippen LogP contribution is 2.19. The zero-order valence-corrected chi connectivity index (χ0v) is 16.2. The van der Waals surface area contributed by atoms with Crippen LogP contribution >= 0.6 is 0 Å². The van der Waals surface area contributed by atoms with Crippen molar-refractivity contribution in [1.29, 1.82) is 0 Å². The van der Waals surface area contributed by atoms with Crippen LogP contribution in [0.25, 0.3) is 0 Å². The lowest BCUT2D eigenvalue weighted by molar-refractivity contribution is -0.117. The zero-order chi connectivity index (χ0) is 19.3. The largest absolute Gasteiger partial charge is 0.494 e. The lowest BCUT2D eigenvalue weighted by atomic mass is 10.1. The summed E-state index contributed by atoms with van der Waals surface area (Å²) < 4.78 is 32.6. The molecule has 140 valence electrons. The number of carbonyl (C=O) groups excluding carboxylic acids is 1. The molecule has 0 fully saturated rings. The molecule has 0 saturated heterocycles. The van der Waals surface area contributed by atoms with E-state index >= 15 is 0 Å². The number of hydrogen-bond acceptors (Lipinski definition) is 4. The van der Waals surface area contributed by atoms with Gasteiger partial charge >= 0.3 is 0 Å². The van der Waals surface area contributed by atoms with Crippen molar-refractivity contribution in [2.45, 2.75) is 38.6 Å². The third kappa shape index (κ3) is 4.83. The van der Waals surface area contributed by atoms with Gasteiger partial charge in [-0.05, 0) is 69.2 Å². The Balaban J connectivity index is 2.08. The average Bonchev–Trinajstić information content (AvgIpc) is 2.59. The fourth-order valence-corrected chi connectivity index (χ4v) is 3.57. The maximum Gasteiger partial charge on any atom is 0.242 e. The van der Waals surface area contributed by atoms with E-state index in [0.717, 1.165) is 11.1 Å². The summed E-state index contributed by atoms with van der Waals surface area (Å²) >= 11 is 0. The molecule has 0 spiro atoms. The van der Waals surface area contributed by atoms with Crippen molar-refractivity contribution in [3.8, 4) is 5.75 Å². The number of aryl methyl sites for hydroxylation is 1. The number of hydrogen-bond donors (Lipinski definition) is 2. The molecule has 0 unspecified atom stereocenters. The standard InChI is InChI=1S/C19H24N2O4S/c1-5-25-16-9-11-17(12-10-16)26(23,24)21-15(4)19(22)20-18-8-6-7-13(2)14(18)3/h6-12,15,21H,5H2,1-4H3,(H,20,22)/t15-/m0/s1. The van der Waals surface area contributed by atoms with Gasteiger partial charge in [-0.3, -0.25) is 4.79 Å². The molecule has 1 atom stereocenters. The Morgan fingerprint density at radius 2 is 1.77 bits per heavy atom. The molecule has 2 rings (SSSR count). The Hall–Kier alpha value is -2.38. The van der Waals surface area contributed by atoms with E-state index in [0.29, 0.717) is 18.0 Å². The Labute approximate surface area is 154 Å². The molecule has 2 N–H and O–H groups in total. The van der Waals surface area contributed by atoms with Gasteiger partial charge in [0.1, 0.15) is 5.75 Å². The molecule has 0 aliphatic rings. The van der Waals surface area contributed by atoms with E-state index in [4.69, 9.17) is 4.74 Å². The van der Waals surface area contributed by atoms with Crippen molar-refractivity contribution < 1.29 is 17.9 Å². The first-order chi connectivity index (χ1) is 12.2. The van der Waals surface area contributed by atoms with Gasteiger partial charge in [-0.1, -0.05) is 12.1 Å². The number of sulfonamides is 1. The minimum Gasteiger partial charge on any atom is -0.494 e. The number of anilines is 1. The molecule has 1 amide bonds. The Bertz CT molecular complexity index is 877. The normalized spacial score (nSPS) is 12.5. The van der Waals surface area contributed by atoms with Crippen LogP contribution in [0.2, 0.25) is 0 Å². The van der Waals surface area contributed by atoms with E-state index in [9.17, 15) is 13.2 Å². The fourth-order valence-electron chi connectivity index (χ4n) is 2.36. The van der Waals surface area contributed by atoms with Gasteiger partial charge in [-0.25, -0.2) is 8.42 Å². The molecular weight excluding hydrogens is 352 g/mol. The number of benzene rings is 2. The van der Waals surface area contributed by atoms with Crippen molar-refractivity contribution in [2.75, 3.05) is 11.9 Å². The monoisotopic (exact) mass is 376 g/mol. The van der Waals surface area contributed by atoms with Crippen molar-refractivity contribution in [2.24, 2.45) is 0 Å². The second kappa shape index (κ2) is 8.33. The molecular formula is C19H24N2O4S. The summed E-state index contributed by atoms with van der Waals surface area (Å²) in [6.45, 7) is 7.71. The quantitative estimate of drug-likeness (QED) is 0.778. The highest BCUT2D eigenvalue weighted by atomic mass is 32.2. The van der Waals surface area contributed by atoms with Crippen LogP contribution in [-0.2, 0) is 14.8 Å². The zero-order valence-electron chi connectivity index (χ0n) is 15.4. The van der Waals surface area contributed by atoms with Crippen LogP contribution in [-0.4, -0.2) is 27.0 Å². The minimum atomic E-state index is -3.81. The molecule has 0 saturated carbocycles. The lowest BCUT2D eigenvalue weighted by Crippen LogP contribution is -2.41. The van der Waals surface area contributed by atoms with E-state index < -0.39 is 22.0 Å². The maximum atomic E-state index is 12.5. The van der Waals surface area contributed by atoms with Crippen LogP contribution < -0.4 is 14.8 Å². The molecule has 0 heterocycles. The molecule has 2 aromatic rings. The van der Waals surface area contributed by atoms with Crippen molar-refractivity contribution in [3.05, 3.63) is 53.6 Å². The smallest absolute Gasteiger partial charge is 0.242 e. The van der Waals surface area contributed by atoms with Gasteiger partial charge < -0.3 is 10.1 Å². The summed E-state index contributed by atoms with van der Waals surface area (Å²) in [6.07, 6.45) is 0. The fraction of sp³-hybridized carbons (Fsp3) is 0.316. The SMILES string of the molecule is CCOc1ccc(S(=O)(=O)N[C@@H](C)C(=O)Nc2cccc(C)c2C)cc1. The van der Waals surface area contributed by atoms with E-state index in [-0.39, 0.29) is 4.90 Å². The predicted molar refractivity (Wildman–Crippen MR) is 102 cm³/mol. The Kier molecular flexibility index (Phi) is 6.39. The summed E-state index contributed by atoms with van der Waals surface area (Å²) in [4.78, 5) is 12.4. The Morgan fingerprint density at radius 1 is 1.12 bits per heavy atom. The van der Waals surface area contributed by atoms with Gasteiger partial charge in [0.25, 0.3) is 0 Å². The van der Waals surface area contributed by atoms with Gasteiger partial charge in [0.05, 0.1) is 17.5 Å². The second-order valence-electron chi connectivity index (χ2n) is 5.98. The molecule has 0 aliphatic carbocycles. The van der Waals surface area contributed by atoms with Crippen LogP contribution in [0.4, 0.5) is 5.69 Å². The molecule has 2 aromatic carbocycles. The highest BCUT2D eigenvalue weighted by Gasteiger charge is 2.22.